The second kappa shape index (κ2) is 6.10. The molecular weight excluding hydrogens is 274 g/mol. The summed E-state index contributed by atoms with van der Waals surface area (Å²) in [6, 6.07) is 2.54. The topological polar surface area (TPSA) is 45.2 Å². The maximum Gasteiger partial charge on any atom is 0.255 e. The Morgan fingerprint density at radius 2 is 2.25 bits per heavy atom. The van der Waals surface area contributed by atoms with E-state index < -0.39 is 0 Å². The molecule has 3 rings (SSSR count). The predicted octanol–water partition coefficient (Wildman–Crippen LogP) is 2.48. The fraction of sp³-hybridized carbons (Fsp3) is 0.600. The highest BCUT2D eigenvalue weighted by molar-refractivity contribution is 6.33. The molecular formula is C15H20ClN3O. The van der Waals surface area contributed by atoms with E-state index in [0.717, 1.165) is 32.4 Å². The molecule has 1 amide bonds. The second-order valence-electron chi connectivity index (χ2n) is 5.69. The Kier molecular flexibility index (Phi) is 4.22. The molecule has 108 valence electrons. The molecule has 1 saturated heterocycles. The maximum absolute atomic E-state index is 12.7. The molecule has 1 aliphatic carbocycles. The summed E-state index contributed by atoms with van der Waals surface area (Å²) in [5.41, 5.74) is 0.573. The Hall–Kier alpha value is -1.13. The van der Waals surface area contributed by atoms with Crippen molar-refractivity contribution in [1.82, 2.24) is 15.2 Å². The van der Waals surface area contributed by atoms with Gasteiger partial charge in [-0.2, -0.15) is 0 Å². The van der Waals surface area contributed by atoms with Crippen LogP contribution in [-0.4, -0.2) is 41.0 Å². The zero-order chi connectivity index (χ0) is 13.9. The molecule has 0 bridgehead atoms. The molecule has 1 aromatic heterocycles. The summed E-state index contributed by atoms with van der Waals surface area (Å²) in [5, 5.41) is 3.96. The SMILES string of the molecule is O=C(c1ccncc1Cl)N(CC1CCCCN1)C1CC1. The van der Waals surface area contributed by atoms with E-state index in [1.165, 1.54) is 12.8 Å². The van der Waals surface area contributed by atoms with Crippen molar-refractivity contribution in [2.24, 2.45) is 0 Å². The van der Waals surface area contributed by atoms with Gasteiger partial charge in [0.05, 0.1) is 10.6 Å². The van der Waals surface area contributed by atoms with Gasteiger partial charge in [-0.3, -0.25) is 9.78 Å². The number of halogens is 1. The van der Waals surface area contributed by atoms with E-state index in [1.807, 2.05) is 4.90 Å². The lowest BCUT2D eigenvalue weighted by Gasteiger charge is -2.31. The van der Waals surface area contributed by atoms with Gasteiger partial charge in [-0.1, -0.05) is 18.0 Å². The van der Waals surface area contributed by atoms with E-state index in [-0.39, 0.29) is 5.91 Å². The van der Waals surface area contributed by atoms with Gasteiger partial charge in [-0.05, 0) is 38.3 Å². The molecule has 0 radical (unpaired) electrons. The summed E-state index contributed by atoms with van der Waals surface area (Å²) in [4.78, 5) is 18.7. The number of carbonyl (C=O) groups is 1. The van der Waals surface area contributed by atoms with Crippen molar-refractivity contribution in [3.63, 3.8) is 0 Å². The van der Waals surface area contributed by atoms with E-state index in [4.69, 9.17) is 11.6 Å². The number of hydrogen-bond acceptors (Lipinski definition) is 3. The molecule has 1 atom stereocenters. The quantitative estimate of drug-likeness (QED) is 0.928. The van der Waals surface area contributed by atoms with Crippen LogP contribution in [0.4, 0.5) is 0 Å². The molecule has 4 nitrogen and oxygen atoms in total. The number of carbonyl (C=O) groups excluding carboxylic acids is 1. The van der Waals surface area contributed by atoms with Gasteiger partial charge >= 0.3 is 0 Å². The zero-order valence-corrected chi connectivity index (χ0v) is 12.3. The molecule has 20 heavy (non-hydrogen) atoms. The second-order valence-corrected chi connectivity index (χ2v) is 6.10. The standard InChI is InChI=1S/C15H20ClN3O/c16-14-9-17-8-6-13(14)15(20)19(12-4-5-12)10-11-3-1-2-7-18-11/h6,8-9,11-12,18H,1-5,7,10H2. The normalized spacial score (nSPS) is 22.6. The van der Waals surface area contributed by atoms with Crippen molar-refractivity contribution in [2.45, 2.75) is 44.2 Å². The monoisotopic (exact) mass is 293 g/mol. The smallest absolute Gasteiger partial charge is 0.255 e. The number of piperidine rings is 1. The third-order valence-electron chi connectivity index (χ3n) is 4.08. The first-order valence-electron chi connectivity index (χ1n) is 7.39. The Bertz CT molecular complexity index is 484. The van der Waals surface area contributed by atoms with Crippen LogP contribution in [0.2, 0.25) is 5.02 Å². The molecule has 1 aliphatic heterocycles. The Morgan fingerprint density at radius 1 is 1.40 bits per heavy atom. The summed E-state index contributed by atoms with van der Waals surface area (Å²) in [6.45, 7) is 1.86. The van der Waals surface area contributed by atoms with E-state index in [0.29, 0.717) is 22.7 Å². The van der Waals surface area contributed by atoms with Gasteiger partial charge in [-0.15, -0.1) is 0 Å². The van der Waals surface area contributed by atoms with Crippen molar-refractivity contribution < 1.29 is 4.79 Å². The van der Waals surface area contributed by atoms with Crippen LogP contribution in [0.1, 0.15) is 42.5 Å². The summed E-state index contributed by atoms with van der Waals surface area (Å²) in [5.74, 6) is 0.0484. The molecule has 0 spiro atoms. The summed E-state index contributed by atoms with van der Waals surface area (Å²) >= 11 is 6.11. The highest BCUT2D eigenvalue weighted by Crippen LogP contribution is 2.30. The van der Waals surface area contributed by atoms with E-state index in [2.05, 4.69) is 10.3 Å². The number of nitrogens with zero attached hydrogens (tertiary/aromatic N) is 2. The molecule has 2 aliphatic rings. The lowest BCUT2D eigenvalue weighted by molar-refractivity contribution is 0.0718. The van der Waals surface area contributed by atoms with Crippen molar-refractivity contribution in [3.8, 4) is 0 Å². The summed E-state index contributed by atoms with van der Waals surface area (Å²) in [6.07, 6.45) is 9.04. The number of rotatable bonds is 4. The van der Waals surface area contributed by atoms with Gasteiger partial charge in [0.1, 0.15) is 0 Å². The van der Waals surface area contributed by atoms with Crippen molar-refractivity contribution in [1.29, 1.82) is 0 Å². The van der Waals surface area contributed by atoms with Gasteiger partial charge in [0.25, 0.3) is 5.91 Å². The van der Waals surface area contributed by atoms with Crippen LogP contribution in [0.15, 0.2) is 18.5 Å². The van der Waals surface area contributed by atoms with E-state index in [9.17, 15) is 4.79 Å². The number of pyridine rings is 1. The highest BCUT2D eigenvalue weighted by Gasteiger charge is 2.35. The molecule has 1 saturated carbocycles. The molecule has 5 heteroatoms. The van der Waals surface area contributed by atoms with Crippen LogP contribution in [0, 0.1) is 0 Å². The van der Waals surface area contributed by atoms with Gasteiger partial charge < -0.3 is 10.2 Å². The fourth-order valence-corrected chi connectivity index (χ4v) is 3.00. The number of amides is 1. The average Bonchev–Trinajstić information content (AvgIpc) is 3.30. The first kappa shape index (κ1) is 13.8. The zero-order valence-electron chi connectivity index (χ0n) is 11.5. The molecule has 0 aromatic carbocycles. The summed E-state index contributed by atoms with van der Waals surface area (Å²) in [7, 11) is 0. The van der Waals surface area contributed by atoms with Crippen molar-refractivity contribution in [2.75, 3.05) is 13.1 Å². The van der Waals surface area contributed by atoms with Crippen LogP contribution in [0.5, 0.6) is 0 Å². The summed E-state index contributed by atoms with van der Waals surface area (Å²) < 4.78 is 0. The van der Waals surface area contributed by atoms with Crippen LogP contribution in [0.3, 0.4) is 0 Å². The first-order valence-corrected chi connectivity index (χ1v) is 7.77. The average molecular weight is 294 g/mol. The molecule has 2 heterocycles. The van der Waals surface area contributed by atoms with Crippen LogP contribution in [-0.2, 0) is 0 Å². The molecule has 1 N–H and O–H groups in total. The predicted molar refractivity (Wildman–Crippen MR) is 78.9 cm³/mol. The van der Waals surface area contributed by atoms with Gasteiger partial charge in [0, 0.05) is 31.0 Å². The van der Waals surface area contributed by atoms with E-state index >= 15 is 0 Å². The van der Waals surface area contributed by atoms with Crippen molar-refractivity contribution in [3.05, 3.63) is 29.0 Å². The van der Waals surface area contributed by atoms with Crippen molar-refractivity contribution >= 4 is 17.5 Å². The van der Waals surface area contributed by atoms with Gasteiger partial charge in [-0.25, -0.2) is 0 Å². The maximum atomic E-state index is 12.7. The Balaban J connectivity index is 1.73. The molecule has 2 fully saturated rings. The third kappa shape index (κ3) is 3.13. The molecule has 1 unspecified atom stereocenters. The highest BCUT2D eigenvalue weighted by atomic mass is 35.5. The Labute approximate surface area is 124 Å². The number of aromatic nitrogens is 1. The lowest BCUT2D eigenvalue weighted by atomic mass is 10.0. The minimum atomic E-state index is 0.0484. The Morgan fingerprint density at radius 3 is 2.90 bits per heavy atom. The van der Waals surface area contributed by atoms with Gasteiger partial charge in [0.2, 0.25) is 0 Å². The van der Waals surface area contributed by atoms with Crippen LogP contribution < -0.4 is 5.32 Å². The van der Waals surface area contributed by atoms with Crippen LogP contribution in [0.25, 0.3) is 0 Å². The largest absolute Gasteiger partial charge is 0.334 e. The van der Waals surface area contributed by atoms with Gasteiger partial charge in [0.15, 0.2) is 0 Å². The van der Waals surface area contributed by atoms with E-state index in [1.54, 1.807) is 18.5 Å². The number of nitrogens with one attached hydrogen (secondary N) is 1. The third-order valence-corrected chi connectivity index (χ3v) is 4.38. The fourth-order valence-electron chi connectivity index (χ4n) is 2.80. The molecule has 1 aromatic rings. The first-order chi connectivity index (χ1) is 9.75. The minimum absolute atomic E-state index is 0.0484. The lowest BCUT2D eigenvalue weighted by Crippen LogP contribution is -2.46. The van der Waals surface area contributed by atoms with Crippen LogP contribution >= 0.6 is 11.6 Å². The number of hydrogen-bond donors (Lipinski definition) is 1. The minimum Gasteiger partial charge on any atom is -0.334 e.